The van der Waals surface area contributed by atoms with Crippen LogP contribution in [0.5, 0.6) is 5.88 Å². The lowest BCUT2D eigenvalue weighted by Gasteiger charge is -2.25. The normalized spacial score (nSPS) is 18.2. The number of benzene rings is 1. The van der Waals surface area contributed by atoms with E-state index in [2.05, 4.69) is 39.9 Å². The first-order valence-electron chi connectivity index (χ1n) is 11.7. The molecule has 2 aromatic heterocycles. The summed E-state index contributed by atoms with van der Waals surface area (Å²) in [6.07, 6.45) is 12.4. The van der Waals surface area contributed by atoms with E-state index in [9.17, 15) is 0 Å². The van der Waals surface area contributed by atoms with Crippen molar-refractivity contribution < 1.29 is 4.74 Å². The van der Waals surface area contributed by atoms with Gasteiger partial charge in [0.15, 0.2) is 0 Å². The molecule has 0 radical (unpaired) electrons. The first kappa shape index (κ1) is 20.2. The summed E-state index contributed by atoms with van der Waals surface area (Å²) in [4.78, 5) is 14.3. The molecule has 2 N–H and O–H groups in total. The number of aromatic nitrogens is 3. The highest BCUT2D eigenvalue weighted by Crippen LogP contribution is 2.37. The molecule has 0 amide bonds. The maximum Gasteiger partial charge on any atom is 0.224 e. The summed E-state index contributed by atoms with van der Waals surface area (Å²) < 4.78 is 6.33. The van der Waals surface area contributed by atoms with E-state index < -0.39 is 0 Å². The summed E-state index contributed by atoms with van der Waals surface area (Å²) in [5, 5.41) is 7.72. The molecule has 31 heavy (non-hydrogen) atoms. The van der Waals surface area contributed by atoms with Gasteiger partial charge in [0.05, 0.1) is 10.9 Å². The second-order valence-corrected chi connectivity index (χ2v) is 8.72. The minimum absolute atomic E-state index is 0.202. The largest absolute Gasteiger partial charge is 0.474 e. The number of nitrogens with zero attached hydrogens (tertiary/aromatic N) is 3. The Bertz CT molecular complexity index is 997. The molecule has 0 spiro atoms. The van der Waals surface area contributed by atoms with E-state index in [-0.39, 0.29) is 6.10 Å². The van der Waals surface area contributed by atoms with E-state index in [1.165, 1.54) is 43.2 Å². The van der Waals surface area contributed by atoms with E-state index in [0.29, 0.717) is 24.3 Å². The molecule has 2 fully saturated rings. The number of pyridine rings is 1. The fourth-order valence-electron chi connectivity index (χ4n) is 4.76. The Morgan fingerprint density at radius 1 is 0.935 bits per heavy atom. The summed E-state index contributed by atoms with van der Waals surface area (Å²) in [6.45, 7) is 2.69. The van der Waals surface area contributed by atoms with Crippen molar-refractivity contribution in [2.45, 2.75) is 63.5 Å². The maximum absolute atomic E-state index is 6.33. The zero-order chi connectivity index (χ0) is 20.9. The predicted octanol–water partition coefficient (Wildman–Crippen LogP) is 4.82. The topological polar surface area (TPSA) is 72.0 Å². The van der Waals surface area contributed by atoms with Crippen LogP contribution in [0.1, 0.15) is 62.0 Å². The fraction of sp³-hybridized carbons (Fsp3) is 0.480. The van der Waals surface area contributed by atoms with Crippen LogP contribution in [0.3, 0.4) is 0 Å². The van der Waals surface area contributed by atoms with Crippen LogP contribution in [0.25, 0.3) is 10.9 Å². The van der Waals surface area contributed by atoms with Crippen LogP contribution in [0.15, 0.2) is 42.7 Å². The van der Waals surface area contributed by atoms with Crippen LogP contribution >= 0.6 is 0 Å². The zero-order valence-corrected chi connectivity index (χ0v) is 18.0. The van der Waals surface area contributed by atoms with Crippen LogP contribution in [0, 0.1) is 0 Å². The van der Waals surface area contributed by atoms with Crippen LogP contribution in [0.2, 0.25) is 0 Å². The summed E-state index contributed by atoms with van der Waals surface area (Å²) in [5.74, 6) is 1.86. The highest BCUT2D eigenvalue weighted by Gasteiger charge is 2.23. The van der Waals surface area contributed by atoms with Gasteiger partial charge in [-0.05, 0) is 50.3 Å². The molecule has 1 saturated heterocycles. The minimum Gasteiger partial charge on any atom is -0.474 e. The molecule has 162 valence electrons. The summed E-state index contributed by atoms with van der Waals surface area (Å²) in [7, 11) is 0. The first-order valence-corrected chi connectivity index (χ1v) is 11.7. The molecule has 1 saturated carbocycles. The average molecular weight is 418 g/mol. The van der Waals surface area contributed by atoms with Gasteiger partial charge in [-0.25, -0.2) is 15.0 Å². The van der Waals surface area contributed by atoms with Gasteiger partial charge in [0.25, 0.3) is 0 Å². The molecular formula is C25H31N5O. The second kappa shape index (κ2) is 9.60. The van der Waals surface area contributed by atoms with Crippen LogP contribution in [-0.4, -0.2) is 34.1 Å². The quantitative estimate of drug-likeness (QED) is 0.599. The Morgan fingerprint density at radius 2 is 1.74 bits per heavy atom. The van der Waals surface area contributed by atoms with Crippen LogP contribution < -0.4 is 15.4 Å². The maximum atomic E-state index is 6.33. The molecule has 6 nitrogen and oxygen atoms in total. The van der Waals surface area contributed by atoms with Crippen molar-refractivity contribution in [1.82, 2.24) is 20.3 Å². The van der Waals surface area contributed by atoms with Gasteiger partial charge < -0.3 is 15.4 Å². The molecule has 1 aliphatic carbocycles. The Kier molecular flexibility index (Phi) is 6.25. The lowest BCUT2D eigenvalue weighted by Crippen LogP contribution is -2.34. The van der Waals surface area contributed by atoms with Crippen molar-refractivity contribution in [1.29, 1.82) is 0 Å². The molecule has 6 heteroatoms. The second-order valence-electron chi connectivity index (χ2n) is 8.72. The number of fused-ring (bicyclic) bond motifs is 1. The van der Waals surface area contributed by atoms with Crippen molar-refractivity contribution in [3.05, 3.63) is 53.9 Å². The monoisotopic (exact) mass is 417 g/mol. The zero-order valence-electron chi connectivity index (χ0n) is 18.0. The van der Waals surface area contributed by atoms with E-state index in [0.717, 1.165) is 36.8 Å². The molecule has 2 aliphatic rings. The summed E-state index contributed by atoms with van der Waals surface area (Å²) >= 11 is 0. The number of ether oxygens (including phenoxy) is 1. The smallest absolute Gasteiger partial charge is 0.224 e. The van der Waals surface area contributed by atoms with Gasteiger partial charge in [-0.3, -0.25) is 0 Å². The van der Waals surface area contributed by atoms with Gasteiger partial charge in [-0.15, -0.1) is 0 Å². The van der Waals surface area contributed by atoms with Crippen molar-refractivity contribution in [2.24, 2.45) is 0 Å². The van der Waals surface area contributed by atoms with Gasteiger partial charge >= 0.3 is 0 Å². The van der Waals surface area contributed by atoms with Crippen LogP contribution in [-0.2, 0) is 6.54 Å². The summed E-state index contributed by atoms with van der Waals surface area (Å²) in [5.41, 5.74) is 3.46. The highest BCUT2D eigenvalue weighted by molar-refractivity contribution is 5.86. The van der Waals surface area contributed by atoms with Crippen molar-refractivity contribution in [2.75, 3.05) is 18.4 Å². The van der Waals surface area contributed by atoms with Gasteiger partial charge in [-0.2, -0.15) is 0 Å². The predicted molar refractivity (Wildman–Crippen MR) is 123 cm³/mol. The van der Waals surface area contributed by atoms with Crippen LogP contribution in [0.4, 0.5) is 5.95 Å². The SMILES string of the molecule is c1ccc(CNc2ncc3c(OC4CCNCC4)ncc(C4CCCCC4)c3n2)cc1. The Labute approximate surface area is 183 Å². The molecule has 5 rings (SSSR count). The van der Waals surface area contributed by atoms with Gasteiger partial charge in [0.2, 0.25) is 11.8 Å². The molecule has 3 aromatic rings. The van der Waals surface area contributed by atoms with Crippen molar-refractivity contribution in [3.63, 3.8) is 0 Å². The van der Waals surface area contributed by atoms with E-state index in [1.54, 1.807) is 0 Å². The molecular weight excluding hydrogens is 386 g/mol. The van der Waals surface area contributed by atoms with E-state index >= 15 is 0 Å². The average Bonchev–Trinajstić information content (AvgIpc) is 2.84. The minimum atomic E-state index is 0.202. The number of nitrogens with one attached hydrogen (secondary N) is 2. The molecule has 0 atom stereocenters. The Morgan fingerprint density at radius 3 is 2.55 bits per heavy atom. The molecule has 1 aliphatic heterocycles. The Hall–Kier alpha value is -2.73. The summed E-state index contributed by atoms with van der Waals surface area (Å²) in [6, 6.07) is 10.3. The highest BCUT2D eigenvalue weighted by atomic mass is 16.5. The molecule has 1 aromatic carbocycles. The first-order chi connectivity index (χ1) is 15.4. The van der Waals surface area contributed by atoms with E-state index in [1.807, 2.05) is 18.5 Å². The number of rotatable bonds is 6. The molecule has 3 heterocycles. The lowest BCUT2D eigenvalue weighted by molar-refractivity contribution is 0.158. The van der Waals surface area contributed by atoms with Gasteiger partial charge in [-0.1, -0.05) is 49.6 Å². The van der Waals surface area contributed by atoms with Crippen molar-refractivity contribution in [3.8, 4) is 5.88 Å². The number of piperidine rings is 1. The Balaban J connectivity index is 1.46. The third-order valence-corrected chi connectivity index (χ3v) is 6.52. The molecule has 0 unspecified atom stereocenters. The lowest BCUT2D eigenvalue weighted by atomic mass is 9.84. The number of anilines is 1. The molecule has 0 bridgehead atoms. The van der Waals surface area contributed by atoms with Gasteiger partial charge in [0, 0.05) is 24.5 Å². The number of hydrogen-bond donors (Lipinski definition) is 2. The third kappa shape index (κ3) is 4.79. The van der Waals surface area contributed by atoms with Gasteiger partial charge in [0.1, 0.15) is 6.10 Å². The standard InChI is InChI=1S/C25H31N5O/c1-3-7-18(8-4-1)15-28-25-29-17-22-23(30-25)21(19-9-5-2-6-10-19)16-27-24(22)31-20-11-13-26-14-12-20/h1,3-4,7-8,16-17,19-20,26H,2,5-6,9-15H2,(H,28,29,30). The van der Waals surface area contributed by atoms with Crippen molar-refractivity contribution >= 4 is 16.9 Å². The third-order valence-electron chi connectivity index (χ3n) is 6.52. The fourth-order valence-corrected chi connectivity index (χ4v) is 4.76. The number of hydrogen-bond acceptors (Lipinski definition) is 6. The van der Waals surface area contributed by atoms with E-state index in [4.69, 9.17) is 14.7 Å².